The molecule has 0 atom stereocenters. The largest absolute Gasteiger partial charge is 0.435 e. The first-order valence-electron chi connectivity index (χ1n) is 6.96. The van der Waals surface area contributed by atoms with Crippen molar-refractivity contribution < 1.29 is 22.5 Å². The smallest absolute Gasteiger partial charge is 0.387 e. The molecule has 0 unspecified atom stereocenters. The summed E-state index contributed by atoms with van der Waals surface area (Å²) in [5.41, 5.74) is 2.44. The van der Waals surface area contributed by atoms with Gasteiger partial charge in [0.1, 0.15) is 11.5 Å². The quantitative estimate of drug-likeness (QED) is 0.614. The van der Waals surface area contributed by atoms with E-state index in [0.717, 1.165) is 17.0 Å². The Morgan fingerprint density at radius 1 is 1.17 bits per heavy atom. The molecule has 6 nitrogen and oxygen atoms in total. The maximum absolute atomic E-state index is 12.1. The molecule has 0 bridgehead atoms. The van der Waals surface area contributed by atoms with Crippen LogP contribution in [0.3, 0.4) is 0 Å². The molecular formula is C15H13F2N3O3S. The van der Waals surface area contributed by atoms with Gasteiger partial charge in [-0.05, 0) is 38.1 Å². The van der Waals surface area contributed by atoms with Gasteiger partial charge in [-0.15, -0.1) is 10.2 Å². The molecule has 3 rings (SSSR count). The van der Waals surface area contributed by atoms with E-state index in [9.17, 15) is 8.78 Å². The van der Waals surface area contributed by atoms with Crippen LogP contribution in [0.25, 0.3) is 11.5 Å². The summed E-state index contributed by atoms with van der Waals surface area (Å²) in [7, 11) is 0. The van der Waals surface area contributed by atoms with Gasteiger partial charge in [0.25, 0.3) is 5.22 Å². The van der Waals surface area contributed by atoms with Crippen LogP contribution in [0, 0.1) is 13.8 Å². The van der Waals surface area contributed by atoms with Gasteiger partial charge in [0.2, 0.25) is 5.89 Å². The van der Waals surface area contributed by atoms with Crippen LogP contribution in [0.15, 0.2) is 38.4 Å². The summed E-state index contributed by atoms with van der Waals surface area (Å²) in [5.74, 6) is 1.74. The van der Waals surface area contributed by atoms with Crippen molar-refractivity contribution in [2.45, 2.75) is 31.4 Å². The van der Waals surface area contributed by atoms with Crippen molar-refractivity contribution in [1.29, 1.82) is 0 Å². The molecule has 126 valence electrons. The van der Waals surface area contributed by atoms with E-state index < -0.39 is 6.61 Å². The van der Waals surface area contributed by atoms with E-state index in [-0.39, 0.29) is 5.75 Å². The number of ether oxygens (including phenoxy) is 1. The molecule has 1 aromatic carbocycles. The third kappa shape index (κ3) is 3.73. The first kappa shape index (κ1) is 16.4. The van der Waals surface area contributed by atoms with Crippen LogP contribution in [0.1, 0.15) is 17.0 Å². The second-order valence-electron chi connectivity index (χ2n) is 4.87. The molecule has 0 aliphatic carbocycles. The summed E-state index contributed by atoms with van der Waals surface area (Å²) in [5, 5.41) is 12.2. The van der Waals surface area contributed by atoms with E-state index >= 15 is 0 Å². The van der Waals surface area contributed by atoms with Crippen LogP contribution < -0.4 is 4.74 Å². The highest BCUT2D eigenvalue weighted by atomic mass is 32.2. The van der Waals surface area contributed by atoms with Gasteiger partial charge in [0, 0.05) is 16.9 Å². The lowest BCUT2D eigenvalue weighted by Crippen LogP contribution is -2.01. The summed E-state index contributed by atoms with van der Waals surface area (Å²) in [6, 6.07) is 5.99. The second-order valence-corrected chi connectivity index (χ2v) is 5.79. The number of rotatable bonds is 6. The number of alkyl halides is 2. The Morgan fingerprint density at radius 2 is 1.92 bits per heavy atom. The van der Waals surface area contributed by atoms with E-state index in [2.05, 4.69) is 20.1 Å². The van der Waals surface area contributed by atoms with Gasteiger partial charge in [0.15, 0.2) is 0 Å². The van der Waals surface area contributed by atoms with Crippen LogP contribution in [-0.4, -0.2) is 22.0 Å². The maximum Gasteiger partial charge on any atom is 0.387 e. The average molecular weight is 353 g/mol. The minimum Gasteiger partial charge on any atom is -0.435 e. The first-order valence-corrected chi connectivity index (χ1v) is 7.95. The molecule has 0 aliphatic heterocycles. The second kappa shape index (κ2) is 7.00. The lowest BCUT2D eigenvalue weighted by Gasteiger charge is -2.03. The van der Waals surface area contributed by atoms with Gasteiger partial charge in [-0.2, -0.15) is 8.78 Å². The predicted octanol–water partition coefficient (Wildman–Crippen LogP) is 4.24. The van der Waals surface area contributed by atoms with Gasteiger partial charge in [-0.3, -0.25) is 0 Å². The van der Waals surface area contributed by atoms with E-state index in [0.29, 0.717) is 22.4 Å². The summed E-state index contributed by atoms with van der Waals surface area (Å²) >= 11 is 1.37. The van der Waals surface area contributed by atoms with Crippen molar-refractivity contribution in [3.05, 3.63) is 41.3 Å². The van der Waals surface area contributed by atoms with E-state index in [1.807, 2.05) is 13.8 Å². The minimum absolute atomic E-state index is 0.0706. The number of hydrogen-bond acceptors (Lipinski definition) is 7. The molecule has 0 spiro atoms. The van der Waals surface area contributed by atoms with Crippen molar-refractivity contribution in [2.24, 2.45) is 0 Å². The summed E-state index contributed by atoms with van der Waals surface area (Å²) < 4.78 is 39.2. The molecule has 0 aliphatic rings. The fraction of sp³-hybridized carbons (Fsp3) is 0.267. The highest BCUT2D eigenvalue weighted by molar-refractivity contribution is 7.98. The predicted molar refractivity (Wildman–Crippen MR) is 81.9 cm³/mol. The van der Waals surface area contributed by atoms with Gasteiger partial charge in [0.05, 0.1) is 5.69 Å². The maximum atomic E-state index is 12.1. The monoisotopic (exact) mass is 353 g/mol. The molecule has 0 fully saturated rings. The zero-order valence-electron chi connectivity index (χ0n) is 12.8. The molecule has 0 saturated carbocycles. The Morgan fingerprint density at radius 3 is 2.54 bits per heavy atom. The van der Waals surface area contributed by atoms with Crippen molar-refractivity contribution in [2.75, 3.05) is 0 Å². The van der Waals surface area contributed by atoms with Crippen molar-refractivity contribution in [1.82, 2.24) is 15.4 Å². The highest BCUT2D eigenvalue weighted by Gasteiger charge is 2.14. The fourth-order valence-electron chi connectivity index (χ4n) is 2.01. The van der Waals surface area contributed by atoms with Crippen LogP contribution in [-0.2, 0) is 5.75 Å². The molecule has 3 aromatic rings. The van der Waals surface area contributed by atoms with Gasteiger partial charge >= 0.3 is 6.61 Å². The Labute approximate surface area is 140 Å². The number of aromatic nitrogens is 3. The molecule has 0 N–H and O–H groups in total. The van der Waals surface area contributed by atoms with Crippen LogP contribution in [0.5, 0.6) is 5.75 Å². The zero-order valence-corrected chi connectivity index (χ0v) is 13.6. The van der Waals surface area contributed by atoms with E-state index in [1.54, 1.807) is 12.1 Å². The Bertz CT molecular complexity index is 798. The van der Waals surface area contributed by atoms with Crippen molar-refractivity contribution in [3.8, 4) is 17.2 Å². The number of nitrogens with zero attached hydrogens (tertiary/aromatic N) is 3. The van der Waals surface area contributed by atoms with Crippen LogP contribution in [0.4, 0.5) is 8.78 Å². The zero-order chi connectivity index (χ0) is 17.1. The molecule has 0 saturated heterocycles. The first-order chi connectivity index (χ1) is 11.5. The third-order valence-electron chi connectivity index (χ3n) is 3.25. The topological polar surface area (TPSA) is 74.2 Å². The number of hydrogen-bond donors (Lipinski definition) is 0. The van der Waals surface area contributed by atoms with Crippen molar-refractivity contribution >= 4 is 11.8 Å². The Kier molecular flexibility index (Phi) is 4.79. The molecule has 2 aromatic heterocycles. The summed E-state index contributed by atoms with van der Waals surface area (Å²) in [6.07, 6.45) is 0. The number of halogens is 2. The number of aryl methyl sites for hydroxylation is 2. The standard InChI is InChI=1S/C15H13F2N3O3S/c1-8-12(9(2)23-20-8)7-24-15-19-18-13(22-15)10-3-5-11(6-4-10)21-14(16)17/h3-6,14H,7H2,1-2H3. The molecule has 24 heavy (non-hydrogen) atoms. The average Bonchev–Trinajstić information content (AvgIpc) is 3.13. The normalized spacial score (nSPS) is 11.2. The minimum atomic E-state index is -2.86. The molecule has 2 heterocycles. The van der Waals surface area contributed by atoms with Crippen molar-refractivity contribution in [3.63, 3.8) is 0 Å². The number of thioether (sulfide) groups is 1. The Balaban J connectivity index is 1.67. The SMILES string of the molecule is Cc1noc(C)c1CSc1nnc(-c2ccc(OC(F)F)cc2)o1. The van der Waals surface area contributed by atoms with Crippen LogP contribution >= 0.6 is 11.8 Å². The summed E-state index contributed by atoms with van der Waals surface area (Å²) in [6.45, 7) is 0.860. The highest BCUT2D eigenvalue weighted by Crippen LogP contribution is 2.28. The number of benzene rings is 1. The Hall–Kier alpha value is -2.42. The lowest BCUT2D eigenvalue weighted by molar-refractivity contribution is -0.0498. The van der Waals surface area contributed by atoms with E-state index in [4.69, 9.17) is 8.94 Å². The summed E-state index contributed by atoms with van der Waals surface area (Å²) in [4.78, 5) is 0. The molecular weight excluding hydrogens is 340 g/mol. The van der Waals surface area contributed by atoms with Gasteiger partial charge in [-0.1, -0.05) is 16.9 Å². The molecule has 9 heteroatoms. The van der Waals surface area contributed by atoms with E-state index in [1.165, 1.54) is 23.9 Å². The fourth-order valence-corrected chi connectivity index (χ4v) is 2.92. The van der Waals surface area contributed by atoms with Gasteiger partial charge < -0.3 is 13.7 Å². The lowest BCUT2D eigenvalue weighted by atomic mass is 10.2. The molecule has 0 radical (unpaired) electrons. The third-order valence-corrected chi connectivity index (χ3v) is 4.10. The van der Waals surface area contributed by atoms with Crippen LogP contribution in [0.2, 0.25) is 0 Å². The van der Waals surface area contributed by atoms with Gasteiger partial charge in [-0.25, -0.2) is 0 Å². The molecule has 0 amide bonds.